The molecule has 4 rings (SSSR count). The summed E-state index contributed by atoms with van der Waals surface area (Å²) in [5, 5.41) is 0. The van der Waals surface area contributed by atoms with Crippen LogP contribution >= 0.6 is 0 Å². The van der Waals surface area contributed by atoms with Crippen LogP contribution in [0, 0.1) is 35.4 Å². The Morgan fingerprint density at radius 3 is 2.29 bits per heavy atom. The third kappa shape index (κ3) is 4.47. The van der Waals surface area contributed by atoms with E-state index in [1.165, 1.54) is 64.2 Å². The standard InChI is InChI=1S/C26H37FO/c1-3-14-28-26-13-12-24(17-25(26)27)20-8-6-19(7-9-20)22-11-10-21-15-18(2)4-5-23(21)16-22/h3,12-13,17-23H,1,4-11,14-16H2,2H3. The summed E-state index contributed by atoms with van der Waals surface area (Å²) in [7, 11) is 0. The van der Waals surface area contributed by atoms with Gasteiger partial charge in [-0.05, 0) is 111 Å². The minimum Gasteiger partial charge on any atom is -0.486 e. The van der Waals surface area contributed by atoms with E-state index >= 15 is 0 Å². The summed E-state index contributed by atoms with van der Waals surface area (Å²) in [6, 6.07) is 5.57. The molecule has 0 bridgehead atoms. The summed E-state index contributed by atoms with van der Waals surface area (Å²) < 4.78 is 19.7. The van der Waals surface area contributed by atoms with E-state index < -0.39 is 0 Å². The van der Waals surface area contributed by atoms with Crippen LogP contribution in [0.2, 0.25) is 0 Å². The Labute approximate surface area is 170 Å². The van der Waals surface area contributed by atoms with E-state index in [9.17, 15) is 4.39 Å². The number of hydrogen-bond acceptors (Lipinski definition) is 1. The molecule has 0 saturated heterocycles. The molecule has 28 heavy (non-hydrogen) atoms. The largest absolute Gasteiger partial charge is 0.486 e. The van der Waals surface area contributed by atoms with Crippen molar-refractivity contribution in [3.05, 3.63) is 42.2 Å². The highest BCUT2D eigenvalue weighted by molar-refractivity contribution is 5.31. The first-order valence-electron chi connectivity index (χ1n) is 11.7. The Morgan fingerprint density at radius 1 is 0.929 bits per heavy atom. The Morgan fingerprint density at radius 2 is 1.57 bits per heavy atom. The number of hydrogen-bond donors (Lipinski definition) is 0. The lowest BCUT2D eigenvalue weighted by Crippen LogP contribution is -2.34. The van der Waals surface area contributed by atoms with E-state index in [1.54, 1.807) is 18.2 Å². The fourth-order valence-electron chi connectivity index (χ4n) is 6.55. The molecule has 154 valence electrons. The molecule has 4 atom stereocenters. The quantitative estimate of drug-likeness (QED) is 0.477. The molecular weight excluding hydrogens is 347 g/mol. The van der Waals surface area contributed by atoms with Crippen LogP contribution in [-0.2, 0) is 0 Å². The van der Waals surface area contributed by atoms with Crippen molar-refractivity contribution in [2.45, 2.75) is 77.0 Å². The monoisotopic (exact) mass is 384 g/mol. The molecular formula is C26H37FO. The number of rotatable bonds is 5. The van der Waals surface area contributed by atoms with Gasteiger partial charge in [-0.1, -0.05) is 32.1 Å². The van der Waals surface area contributed by atoms with E-state index in [4.69, 9.17) is 4.74 Å². The predicted octanol–water partition coefficient (Wildman–Crippen LogP) is 7.52. The maximum atomic E-state index is 14.3. The van der Waals surface area contributed by atoms with E-state index in [2.05, 4.69) is 19.6 Å². The summed E-state index contributed by atoms with van der Waals surface area (Å²) in [5.41, 5.74) is 1.16. The van der Waals surface area contributed by atoms with Crippen LogP contribution in [0.4, 0.5) is 4.39 Å². The SMILES string of the molecule is C=CCOc1ccc(C2CCC(C3CCC4CC(C)CCC4C3)CC2)cc1F. The van der Waals surface area contributed by atoms with Crippen LogP contribution in [-0.4, -0.2) is 6.61 Å². The Hall–Kier alpha value is -1.31. The third-order valence-corrected chi connectivity index (χ3v) is 8.14. The van der Waals surface area contributed by atoms with Gasteiger partial charge in [0.15, 0.2) is 11.6 Å². The zero-order chi connectivity index (χ0) is 19.5. The van der Waals surface area contributed by atoms with Crippen LogP contribution in [0.3, 0.4) is 0 Å². The molecule has 0 amide bonds. The van der Waals surface area contributed by atoms with Crippen LogP contribution in [0.15, 0.2) is 30.9 Å². The molecule has 3 aliphatic rings. The summed E-state index contributed by atoms with van der Waals surface area (Å²) >= 11 is 0. The normalized spacial score (nSPS) is 35.8. The van der Waals surface area contributed by atoms with E-state index in [0.717, 1.165) is 35.2 Å². The maximum absolute atomic E-state index is 14.3. The number of benzene rings is 1. The zero-order valence-electron chi connectivity index (χ0n) is 17.5. The van der Waals surface area contributed by atoms with E-state index in [0.29, 0.717) is 18.3 Å². The highest BCUT2D eigenvalue weighted by Gasteiger charge is 2.38. The van der Waals surface area contributed by atoms with Crippen molar-refractivity contribution in [2.75, 3.05) is 6.61 Å². The van der Waals surface area contributed by atoms with Gasteiger partial charge in [0.1, 0.15) is 6.61 Å². The molecule has 0 spiro atoms. The van der Waals surface area contributed by atoms with E-state index in [1.807, 2.05) is 0 Å². The molecule has 0 heterocycles. The molecule has 4 unspecified atom stereocenters. The predicted molar refractivity (Wildman–Crippen MR) is 114 cm³/mol. The van der Waals surface area contributed by atoms with Gasteiger partial charge in [-0.25, -0.2) is 4.39 Å². The molecule has 3 fully saturated rings. The van der Waals surface area contributed by atoms with Crippen LogP contribution < -0.4 is 4.74 Å². The average molecular weight is 385 g/mol. The summed E-state index contributed by atoms with van der Waals surface area (Å²) in [4.78, 5) is 0. The molecule has 1 aromatic rings. The van der Waals surface area contributed by atoms with Gasteiger partial charge in [-0.2, -0.15) is 0 Å². The molecule has 0 aromatic heterocycles. The molecule has 2 heteroatoms. The van der Waals surface area contributed by atoms with Crippen LogP contribution in [0.25, 0.3) is 0 Å². The summed E-state index contributed by atoms with van der Waals surface area (Å²) in [6.07, 6.45) is 15.6. The molecule has 1 aromatic carbocycles. The highest BCUT2D eigenvalue weighted by Crippen LogP contribution is 2.49. The van der Waals surface area contributed by atoms with Crippen molar-refractivity contribution in [2.24, 2.45) is 29.6 Å². The van der Waals surface area contributed by atoms with Crippen molar-refractivity contribution in [1.82, 2.24) is 0 Å². The molecule has 0 aliphatic heterocycles. The maximum Gasteiger partial charge on any atom is 0.165 e. The van der Waals surface area contributed by atoms with Gasteiger partial charge in [0.2, 0.25) is 0 Å². The second-order valence-corrected chi connectivity index (χ2v) is 9.91. The molecule has 1 nitrogen and oxygen atoms in total. The number of ether oxygens (including phenoxy) is 1. The van der Waals surface area contributed by atoms with Gasteiger partial charge in [-0.3, -0.25) is 0 Å². The Balaban J connectivity index is 1.30. The zero-order valence-corrected chi connectivity index (χ0v) is 17.5. The molecule has 0 radical (unpaired) electrons. The van der Waals surface area contributed by atoms with Crippen molar-refractivity contribution in [3.8, 4) is 5.75 Å². The number of halogens is 1. The van der Waals surface area contributed by atoms with Gasteiger partial charge >= 0.3 is 0 Å². The Bertz CT molecular complexity index is 660. The van der Waals surface area contributed by atoms with Gasteiger partial charge in [0, 0.05) is 0 Å². The first kappa shape index (κ1) is 20.0. The molecule has 0 N–H and O–H groups in total. The lowest BCUT2D eigenvalue weighted by atomic mass is 9.61. The van der Waals surface area contributed by atoms with Crippen molar-refractivity contribution < 1.29 is 9.13 Å². The summed E-state index contributed by atoms with van der Waals surface area (Å²) in [6.45, 7) is 6.42. The van der Waals surface area contributed by atoms with Gasteiger partial charge in [0.05, 0.1) is 0 Å². The Kier molecular flexibility index (Phi) is 6.43. The van der Waals surface area contributed by atoms with Crippen molar-refractivity contribution in [3.63, 3.8) is 0 Å². The lowest BCUT2D eigenvalue weighted by molar-refractivity contribution is 0.0672. The van der Waals surface area contributed by atoms with Crippen molar-refractivity contribution in [1.29, 1.82) is 0 Å². The smallest absolute Gasteiger partial charge is 0.165 e. The van der Waals surface area contributed by atoms with Gasteiger partial charge in [0.25, 0.3) is 0 Å². The van der Waals surface area contributed by atoms with Crippen LogP contribution in [0.5, 0.6) is 5.75 Å². The fraction of sp³-hybridized carbons (Fsp3) is 0.692. The minimum absolute atomic E-state index is 0.230. The molecule has 3 saturated carbocycles. The van der Waals surface area contributed by atoms with Crippen molar-refractivity contribution >= 4 is 0 Å². The first-order valence-corrected chi connectivity index (χ1v) is 11.7. The van der Waals surface area contributed by atoms with Crippen LogP contribution in [0.1, 0.15) is 82.6 Å². The fourth-order valence-corrected chi connectivity index (χ4v) is 6.55. The second-order valence-electron chi connectivity index (χ2n) is 9.91. The first-order chi connectivity index (χ1) is 13.6. The minimum atomic E-state index is -0.230. The average Bonchev–Trinajstić information content (AvgIpc) is 2.72. The topological polar surface area (TPSA) is 9.23 Å². The van der Waals surface area contributed by atoms with Gasteiger partial charge in [-0.15, -0.1) is 0 Å². The number of fused-ring (bicyclic) bond motifs is 1. The summed E-state index contributed by atoms with van der Waals surface area (Å²) in [5.74, 6) is 5.51. The van der Waals surface area contributed by atoms with Gasteiger partial charge < -0.3 is 4.74 Å². The molecule has 3 aliphatic carbocycles. The third-order valence-electron chi connectivity index (χ3n) is 8.14. The highest BCUT2D eigenvalue weighted by atomic mass is 19.1. The van der Waals surface area contributed by atoms with E-state index in [-0.39, 0.29) is 5.82 Å². The second kappa shape index (κ2) is 9.01. The lowest BCUT2D eigenvalue weighted by Gasteiger charge is -2.45.